The van der Waals surface area contributed by atoms with Crippen molar-refractivity contribution in [3.63, 3.8) is 0 Å². The standard InChI is InChI=1S/C86H46/c1-13-47-17-9-33-67-75(47)55(25-1)59-29-5-21-51-37-41-63(83(67)79(51)59)71-45-73(65-43-39-53-23-7-31-61-57-27-3-15-49-19-11-35-69(77(49)57)85(65)81(53)61)74(66-44-40-54-24-8-32-62-58-28-4-16-50-20-12-36-70(78(50)58)86(66)82(54)62)46-72(71)64-42-38-52-22-6-30-60-56-26-2-14-48-18-10-34-68(76(48)56)84(64)80(52)60/h1-46H. The van der Waals surface area contributed by atoms with E-state index in [1.807, 2.05) is 0 Å². The predicted octanol–water partition coefficient (Wildman–Crippen LogP) is 24.6. The summed E-state index contributed by atoms with van der Waals surface area (Å²) in [5, 5.41) is 41.1. The molecular formula is C86H46. The molecule has 0 saturated carbocycles. The fourth-order valence-corrected chi connectivity index (χ4v) is 17.0. The molecule has 21 rings (SSSR count). The summed E-state index contributed by atoms with van der Waals surface area (Å²) < 4.78 is 0. The average molecular weight is 1080 g/mol. The van der Waals surface area contributed by atoms with E-state index in [0.717, 1.165) is 0 Å². The van der Waals surface area contributed by atoms with Gasteiger partial charge in [0.05, 0.1) is 0 Å². The summed E-state index contributed by atoms with van der Waals surface area (Å²) in [6.45, 7) is 0. The quantitative estimate of drug-likeness (QED) is 0.122. The van der Waals surface area contributed by atoms with Gasteiger partial charge in [-0.15, -0.1) is 0 Å². The molecule has 0 spiro atoms. The molecule has 0 aromatic heterocycles. The van der Waals surface area contributed by atoms with Gasteiger partial charge in [-0.25, -0.2) is 0 Å². The van der Waals surface area contributed by atoms with E-state index in [1.165, 1.54) is 217 Å². The fraction of sp³-hybridized carbons (Fsp3) is 0. The average Bonchev–Trinajstić information content (AvgIpc) is 1.52. The van der Waals surface area contributed by atoms with E-state index in [9.17, 15) is 0 Å². The van der Waals surface area contributed by atoms with Crippen LogP contribution in [0.1, 0.15) is 0 Å². The van der Waals surface area contributed by atoms with Crippen molar-refractivity contribution >= 4 is 172 Å². The van der Waals surface area contributed by atoms with Crippen molar-refractivity contribution in [2.45, 2.75) is 0 Å². The summed E-state index contributed by atoms with van der Waals surface area (Å²) in [6, 6.07) is 108. The number of fused-ring (bicyclic) bond motifs is 8. The second-order valence-corrected chi connectivity index (χ2v) is 24.3. The Kier molecular flexibility index (Phi) is 8.61. The van der Waals surface area contributed by atoms with Crippen LogP contribution in [-0.4, -0.2) is 0 Å². The Bertz CT molecular complexity index is 5740. The maximum atomic E-state index is 2.66. The Hall–Kier alpha value is -11.2. The zero-order valence-electron chi connectivity index (χ0n) is 46.6. The smallest absolute Gasteiger partial charge is 0.00139 e. The van der Waals surface area contributed by atoms with Gasteiger partial charge in [-0.3, -0.25) is 0 Å². The Balaban J connectivity index is 1.03. The van der Waals surface area contributed by atoms with Crippen LogP contribution in [0.5, 0.6) is 0 Å². The molecule has 0 saturated heterocycles. The molecule has 0 nitrogen and oxygen atoms in total. The summed E-state index contributed by atoms with van der Waals surface area (Å²) in [6.07, 6.45) is 0. The second kappa shape index (κ2) is 16.3. The Morgan fingerprint density at radius 3 is 0.465 bits per heavy atom. The van der Waals surface area contributed by atoms with Crippen molar-refractivity contribution in [1.29, 1.82) is 0 Å². The lowest BCUT2D eigenvalue weighted by Crippen LogP contribution is -1.98. The third-order valence-corrected chi connectivity index (χ3v) is 20.4. The zero-order valence-corrected chi connectivity index (χ0v) is 46.6. The molecular weight excluding hydrogens is 1030 g/mol. The minimum atomic E-state index is 1.21. The van der Waals surface area contributed by atoms with Gasteiger partial charge in [-0.1, -0.05) is 267 Å². The Morgan fingerprint density at radius 2 is 0.267 bits per heavy atom. The molecule has 0 heteroatoms. The van der Waals surface area contributed by atoms with Crippen molar-refractivity contribution in [2.75, 3.05) is 0 Å². The number of benzene rings is 21. The molecule has 0 atom stereocenters. The number of rotatable bonds is 4. The van der Waals surface area contributed by atoms with Gasteiger partial charge in [-0.2, -0.15) is 0 Å². The summed E-state index contributed by atoms with van der Waals surface area (Å²) in [5.74, 6) is 0. The van der Waals surface area contributed by atoms with Crippen molar-refractivity contribution in [3.05, 3.63) is 279 Å². The minimum absolute atomic E-state index is 1.21. The Morgan fingerprint density at radius 1 is 0.105 bits per heavy atom. The third kappa shape index (κ3) is 5.69. The molecule has 0 aliphatic carbocycles. The van der Waals surface area contributed by atoms with Crippen LogP contribution in [0.2, 0.25) is 0 Å². The lowest BCUT2D eigenvalue weighted by atomic mass is 9.78. The first kappa shape index (κ1) is 45.3. The van der Waals surface area contributed by atoms with Crippen LogP contribution in [0.15, 0.2) is 279 Å². The first-order valence-corrected chi connectivity index (χ1v) is 30.2. The molecule has 21 aromatic carbocycles. The molecule has 86 heavy (non-hydrogen) atoms. The maximum absolute atomic E-state index is 2.66. The molecule has 0 heterocycles. The molecule has 0 N–H and O–H groups in total. The van der Waals surface area contributed by atoms with Crippen LogP contribution in [0.25, 0.3) is 217 Å². The molecule has 0 fully saturated rings. The van der Waals surface area contributed by atoms with E-state index < -0.39 is 0 Å². The summed E-state index contributed by atoms with van der Waals surface area (Å²) in [5.41, 5.74) is 9.77. The molecule has 21 aromatic rings. The zero-order chi connectivity index (χ0) is 55.6. The van der Waals surface area contributed by atoms with Crippen LogP contribution < -0.4 is 0 Å². The normalized spacial score (nSPS) is 12.7. The van der Waals surface area contributed by atoms with Gasteiger partial charge in [0.25, 0.3) is 0 Å². The highest BCUT2D eigenvalue weighted by Crippen LogP contribution is 2.55. The molecule has 390 valence electrons. The van der Waals surface area contributed by atoms with E-state index >= 15 is 0 Å². The van der Waals surface area contributed by atoms with Crippen LogP contribution in [0.3, 0.4) is 0 Å². The minimum Gasteiger partial charge on any atom is -0.0610 e. The summed E-state index contributed by atoms with van der Waals surface area (Å²) >= 11 is 0. The molecule has 0 aliphatic heterocycles. The van der Waals surface area contributed by atoms with Crippen molar-refractivity contribution < 1.29 is 0 Å². The SMILES string of the molecule is c1cc2cccc3c4c(-c5cc(-c6ccc7cccc8c9cccc%10cccc(c6c78)c%109)c(-c6ccc7cccc8c9cccc%10cccc(c6c78)c%109)cc5-c5ccc6cccc7c8cccc9cccc(c5c67)c98)ccc5cccc(c(c1)c23)c54. The van der Waals surface area contributed by atoms with Crippen LogP contribution in [-0.2, 0) is 0 Å². The summed E-state index contributed by atoms with van der Waals surface area (Å²) in [4.78, 5) is 0. The molecule has 0 amide bonds. The van der Waals surface area contributed by atoms with Crippen LogP contribution in [0, 0.1) is 0 Å². The highest BCUT2D eigenvalue weighted by Gasteiger charge is 2.28. The van der Waals surface area contributed by atoms with Gasteiger partial charge in [0.15, 0.2) is 0 Å². The maximum Gasteiger partial charge on any atom is -0.00139 e. The lowest BCUT2D eigenvalue weighted by molar-refractivity contribution is 1.61. The van der Waals surface area contributed by atoms with Crippen LogP contribution >= 0.6 is 0 Å². The van der Waals surface area contributed by atoms with Gasteiger partial charge in [-0.05, 0) is 229 Å². The van der Waals surface area contributed by atoms with Crippen molar-refractivity contribution in [1.82, 2.24) is 0 Å². The lowest BCUT2D eigenvalue weighted by Gasteiger charge is -2.25. The van der Waals surface area contributed by atoms with Crippen molar-refractivity contribution in [2.24, 2.45) is 0 Å². The van der Waals surface area contributed by atoms with Gasteiger partial charge in [0.1, 0.15) is 0 Å². The van der Waals surface area contributed by atoms with Gasteiger partial charge >= 0.3 is 0 Å². The number of hydrogen-bond acceptors (Lipinski definition) is 0. The first-order chi connectivity index (χ1) is 42.7. The molecule has 0 unspecified atom stereocenters. The third-order valence-electron chi connectivity index (χ3n) is 20.4. The van der Waals surface area contributed by atoms with Crippen molar-refractivity contribution in [3.8, 4) is 44.5 Å². The Labute approximate surface area is 492 Å². The molecule has 0 radical (unpaired) electrons. The van der Waals surface area contributed by atoms with Gasteiger partial charge in [0.2, 0.25) is 0 Å². The highest BCUT2D eigenvalue weighted by atomic mass is 14.3. The van der Waals surface area contributed by atoms with E-state index in [-0.39, 0.29) is 0 Å². The molecule has 0 aliphatic rings. The van der Waals surface area contributed by atoms with E-state index in [1.54, 1.807) is 0 Å². The predicted molar refractivity (Wildman–Crippen MR) is 373 cm³/mol. The molecule has 0 bridgehead atoms. The van der Waals surface area contributed by atoms with E-state index in [0.29, 0.717) is 0 Å². The highest BCUT2D eigenvalue weighted by molar-refractivity contribution is 6.41. The topological polar surface area (TPSA) is 0 Å². The summed E-state index contributed by atoms with van der Waals surface area (Å²) in [7, 11) is 0. The fourth-order valence-electron chi connectivity index (χ4n) is 17.0. The van der Waals surface area contributed by atoms with Crippen LogP contribution in [0.4, 0.5) is 0 Å². The van der Waals surface area contributed by atoms with E-state index in [4.69, 9.17) is 0 Å². The first-order valence-electron chi connectivity index (χ1n) is 30.2. The van der Waals surface area contributed by atoms with E-state index in [2.05, 4.69) is 279 Å². The van der Waals surface area contributed by atoms with Gasteiger partial charge < -0.3 is 0 Å². The number of hydrogen-bond donors (Lipinski definition) is 0. The largest absolute Gasteiger partial charge is 0.0610 e. The van der Waals surface area contributed by atoms with Gasteiger partial charge in [0, 0.05) is 0 Å². The second-order valence-electron chi connectivity index (χ2n) is 24.3. The monoisotopic (exact) mass is 1080 g/mol.